The maximum Gasteiger partial charge on any atom is 0.0584 e. The Kier molecular flexibility index (Phi) is 4.39. The molecule has 4 rings (SSSR count). The first-order chi connectivity index (χ1) is 12.2. The van der Waals surface area contributed by atoms with Gasteiger partial charge in [-0.15, -0.1) is 22.7 Å². The second-order valence-corrected chi connectivity index (χ2v) is 10.7. The van der Waals surface area contributed by atoms with E-state index in [2.05, 4.69) is 52.0 Å². The third kappa shape index (κ3) is 2.70. The van der Waals surface area contributed by atoms with Crippen LogP contribution in [0.5, 0.6) is 0 Å². The molecule has 0 bridgehead atoms. The lowest BCUT2D eigenvalue weighted by Gasteiger charge is -2.40. The standard InChI is InChI=1S/C22H20Cl2S2/c1-21(2,18-11-13-7-5-9-16(24)20(13)26-18)22(3,4)19-12-14-15(23)8-6-10-17(14)25-19/h5-12H,1-4H3. The second-order valence-electron chi connectivity index (χ2n) is 7.78. The molecule has 4 heteroatoms. The molecule has 0 N–H and O–H groups in total. The first-order valence-corrected chi connectivity index (χ1v) is 11.0. The third-order valence-corrected chi connectivity index (χ3v) is 9.49. The van der Waals surface area contributed by atoms with E-state index in [-0.39, 0.29) is 10.8 Å². The first kappa shape index (κ1) is 18.3. The zero-order valence-electron chi connectivity index (χ0n) is 15.2. The van der Waals surface area contributed by atoms with Gasteiger partial charge in [-0.1, -0.05) is 69.1 Å². The van der Waals surface area contributed by atoms with E-state index in [1.807, 2.05) is 46.9 Å². The van der Waals surface area contributed by atoms with Crippen LogP contribution in [0.25, 0.3) is 20.2 Å². The van der Waals surface area contributed by atoms with Gasteiger partial charge in [-0.2, -0.15) is 0 Å². The summed E-state index contributed by atoms with van der Waals surface area (Å²) in [5.41, 5.74) is -0.0965. The van der Waals surface area contributed by atoms with Gasteiger partial charge in [0.1, 0.15) is 0 Å². The van der Waals surface area contributed by atoms with Crippen LogP contribution in [-0.2, 0) is 10.8 Å². The minimum Gasteiger partial charge on any atom is -0.140 e. The summed E-state index contributed by atoms with van der Waals surface area (Å²) >= 11 is 16.5. The van der Waals surface area contributed by atoms with Crippen LogP contribution in [0.1, 0.15) is 37.4 Å². The molecule has 4 aromatic rings. The summed E-state index contributed by atoms with van der Waals surface area (Å²) in [5, 5.41) is 4.03. The molecule has 0 atom stereocenters. The Hall–Kier alpha value is -1.06. The minimum atomic E-state index is -0.0482. The number of rotatable bonds is 3. The molecule has 0 saturated carbocycles. The van der Waals surface area contributed by atoms with Crippen molar-refractivity contribution in [1.29, 1.82) is 0 Å². The molecular formula is C22H20Cl2S2. The van der Waals surface area contributed by atoms with Gasteiger partial charge in [0.25, 0.3) is 0 Å². The van der Waals surface area contributed by atoms with Gasteiger partial charge < -0.3 is 0 Å². The smallest absolute Gasteiger partial charge is 0.0584 e. The van der Waals surface area contributed by atoms with E-state index >= 15 is 0 Å². The number of fused-ring (bicyclic) bond motifs is 2. The number of halogens is 2. The van der Waals surface area contributed by atoms with Gasteiger partial charge in [0.2, 0.25) is 0 Å². The zero-order chi connectivity index (χ0) is 18.7. The van der Waals surface area contributed by atoms with E-state index in [0.29, 0.717) is 0 Å². The highest BCUT2D eigenvalue weighted by Gasteiger charge is 2.42. The molecule has 2 aromatic heterocycles. The monoisotopic (exact) mass is 418 g/mol. The highest BCUT2D eigenvalue weighted by atomic mass is 35.5. The fourth-order valence-corrected chi connectivity index (χ4v) is 6.54. The predicted molar refractivity (Wildman–Crippen MR) is 120 cm³/mol. The van der Waals surface area contributed by atoms with Crippen molar-refractivity contribution in [2.45, 2.75) is 38.5 Å². The van der Waals surface area contributed by atoms with E-state index < -0.39 is 0 Å². The van der Waals surface area contributed by atoms with E-state index in [1.54, 1.807) is 0 Å². The summed E-state index contributed by atoms with van der Waals surface area (Å²) in [6.07, 6.45) is 0. The molecule has 0 fully saturated rings. The number of hydrogen-bond acceptors (Lipinski definition) is 2. The van der Waals surface area contributed by atoms with E-state index in [4.69, 9.17) is 23.2 Å². The summed E-state index contributed by atoms with van der Waals surface area (Å²) < 4.78 is 2.42. The van der Waals surface area contributed by atoms with Gasteiger partial charge in [0, 0.05) is 35.7 Å². The summed E-state index contributed by atoms with van der Waals surface area (Å²) in [5.74, 6) is 0. The summed E-state index contributed by atoms with van der Waals surface area (Å²) in [6, 6.07) is 16.8. The van der Waals surface area contributed by atoms with E-state index in [9.17, 15) is 0 Å². The molecule has 0 aliphatic heterocycles. The molecule has 0 radical (unpaired) electrons. The van der Waals surface area contributed by atoms with Crippen molar-refractivity contribution in [3.63, 3.8) is 0 Å². The Labute approximate surface area is 172 Å². The molecule has 0 saturated heterocycles. The van der Waals surface area contributed by atoms with Gasteiger partial charge in [0.05, 0.1) is 9.72 Å². The van der Waals surface area contributed by atoms with Crippen LogP contribution in [0, 0.1) is 0 Å². The molecule has 0 nitrogen and oxygen atoms in total. The van der Waals surface area contributed by atoms with Crippen molar-refractivity contribution in [2.75, 3.05) is 0 Å². The predicted octanol–water partition coefficient (Wildman–Crippen LogP) is 8.68. The summed E-state index contributed by atoms with van der Waals surface area (Å²) in [4.78, 5) is 2.71. The molecular weight excluding hydrogens is 399 g/mol. The minimum absolute atomic E-state index is 0.0482. The van der Waals surface area contributed by atoms with Crippen LogP contribution in [0.2, 0.25) is 10.0 Å². The van der Waals surface area contributed by atoms with Crippen molar-refractivity contribution >= 4 is 66.0 Å². The molecule has 0 aliphatic rings. The lowest BCUT2D eigenvalue weighted by Crippen LogP contribution is -2.39. The largest absolute Gasteiger partial charge is 0.140 e. The average molecular weight is 419 g/mol. The molecule has 0 spiro atoms. The quantitative estimate of drug-likeness (QED) is 0.312. The van der Waals surface area contributed by atoms with Crippen LogP contribution in [0.4, 0.5) is 0 Å². The fourth-order valence-electron chi connectivity index (χ4n) is 3.28. The Balaban J connectivity index is 1.85. The van der Waals surface area contributed by atoms with Gasteiger partial charge in [-0.3, -0.25) is 0 Å². The van der Waals surface area contributed by atoms with Gasteiger partial charge in [-0.25, -0.2) is 0 Å². The van der Waals surface area contributed by atoms with E-state index in [1.165, 1.54) is 24.5 Å². The molecule has 0 unspecified atom stereocenters. The Morgan fingerprint density at radius 3 is 2.00 bits per heavy atom. The number of hydrogen-bond donors (Lipinski definition) is 0. The maximum atomic E-state index is 6.42. The van der Waals surface area contributed by atoms with Crippen molar-refractivity contribution in [3.05, 3.63) is 68.3 Å². The lowest BCUT2D eigenvalue weighted by molar-refractivity contribution is 0.314. The van der Waals surface area contributed by atoms with Crippen LogP contribution >= 0.6 is 45.9 Å². The average Bonchev–Trinajstić information content (AvgIpc) is 3.20. The van der Waals surface area contributed by atoms with Crippen LogP contribution in [-0.4, -0.2) is 0 Å². The number of benzene rings is 2. The fraction of sp³-hybridized carbons (Fsp3) is 0.273. The SMILES string of the molecule is CC(C)(c1cc2c(Cl)cccc2s1)C(C)(C)c1cc2cccc(Cl)c2s1. The number of thiophene rings is 2. The molecule has 0 aliphatic carbocycles. The third-order valence-electron chi connectivity index (χ3n) is 5.80. The summed E-state index contributed by atoms with van der Waals surface area (Å²) in [7, 11) is 0. The second kappa shape index (κ2) is 6.24. The van der Waals surface area contributed by atoms with Gasteiger partial charge >= 0.3 is 0 Å². The van der Waals surface area contributed by atoms with Crippen molar-refractivity contribution in [3.8, 4) is 0 Å². The van der Waals surface area contributed by atoms with Crippen LogP contribution < -0.4 is 0 Å². The highest BCUT2D eigenvalue weighted by molar-refractivity contribution is 7.20. The molecule has 2 aromatic carbocycles. The Morgan fingerprint density at radius 1 is 0.731 bits per heavy atom. The summed E-state index contributed by atoms with van der Waals surface area (Å²) in [6.45, 7) is 9.32. The topological polar surface area (TPSA) is 0 Å². The maximum absolute atomic E-state index is 6.42. The van der Waals surface area contributed by atoms with Crippen molar-refractivity contribution in [2.24, 2.45) is 0 Å². The molecule has 26 heavy (non-hydrogen) atoms. The van der Waals surface area contributed by atoms with Crippen LogP contribution in [0.15, 0.2) is 48.5 Å². The van der Waals surface area contributed by atoms with Crippen molar-refractivity contribution in [1.82, 2.24) is 0 Å². The Bertz CT molecular complexity index is 1030. The molecule has 134 valence electrons. The van der Waals surface area contributed by atoms with Gasteiger partial charge in [-0.05, 0) is 35.7 Å². The Morgan fingerprint density at radius 2 is 1.35 bits per heavy atom. The zero-order valence-corrected chi connectivity index (χ0v) is 18.3. The first-order valence-electron chi connectivity index (χ1n) is 8.59. The van der Waals surface area contributed by atoms with Gasteiger partial charge in [0.15, 0.2) is 0 Å². The normalized spacial score (nSPS) is 13.0. The lowest BCUT2D eigenvalue weighted by atomic mass is 9.66. The van der Waals surface area contributed by atoms with Crippen molar-refractivity contribution < 1.29 is 0 Å². The molecule has 2 heterocycles. The molecule has 0 amide bonds. The van der Waals surface area contributed by atoms with Crippen LogP contribution in [0.3, 0.4) is 0 Å². The van der Waals surface area contributed by atoms with E-state index in [0.717, 1.165) is 15.4 Å². The highest BCUT2D eigenvalue weighted by Crippen LogP contribution is 2.50.